The molecular formula is C14H14F3N3O. The lowest BCUT2D eigenvalue weighted by molar-refractivity contribution is -0.139. The van der Waals surface area contributed by atoms with Crippen LogP contribution in [0.3, 0.4) is 0 Å². The number of fused-ring (bicyclic) bond motifs is 1. The van der Waals surface area contributed by atoms with Crippen molar-refractivity contribution in [2.24, 2.45) is 0 Å². The first-order valence-corrected chi connectivity index (χ1v) is 6.22. The van der Waals surface area contributed by atoms with Gasteiger partial charge >= 0.3 is 6.18 Å². The number of aromatic nitrogens is 2. The van der Waals surface area contributed by atoms with Crippen LogP contribution in [0, 0.1) is 6.92 Å². The van der Waals surface area contributed by atoms with Crippen LogP contribution in [0.1, 0.15) is 16.1 Å². The minimum Gasteiger partial charge on any atom is -0.324 e. The Morgan fingerprint density at radius 1 is 1.52 bits per heavy atom. The van der Waals surface area contributed by atoms with E-state index in [9.17, 15) is 18.0 Å². The maximum atomic E-state index is 12.5. The molecule has 0 bridgehead atoms. The number of imidazole rings is 1. The molecule has 0 unspecified atom stereocenters. The fourth-order valence-electron chi connectivity index (χ4n) is 1.94. The fraction of sp³-hybridized carbons (Fsp3) is 0.286. The monoisotopic (exact) mass is 297 g/mol. The molecule has 0 saturated heterocycles. The molecule has 0 atom stereocenters. The van der Waals surface area contributed by atoms with Crippen molar-refractivity contribution in [1.29, 1.82) is 0 Å². The first-order chi connectivity index (χ1) is 9.80. The topological polar surface area (TPSA) is 37.6 Å². The van der Waals surface area contributed by atoms with E-state index in [2.05, 4.69) is 11.6 Å². The van der Waals surface area contributed by atoms with Gasteiger partial charge < -0.3 is 9.30 Å². The van der Waals surface area contributed by atoms with Crippen LogP contribution in [-0.4, -0.2) is 39.5 Å². The Morgan fingerprint density at radius 2 is 2.24 bits per heavy atom. The normalized spacial score (nSPS) is 11.6. The van der Waals surface area contributed by atoms with E-state index in [1.54, 1.807) is 16.7 Å². The number of nitrogens with zero attached hydrogens (tertiary/aromatic N) is 3. The highest BCUT2D eigenvalue weighted by Crippen LogP contribution is 2.18. The number of hydrogen-bond donors (Lipinski definition) is 0. The third kappa shape index (κ3) is 3.62. The Balaban J connectivity index is 2.31. The van der Waals surface area contributed by atoms with E-state index < -0.39 is 18.6 Å². The van der Waals surface area contributed by atoms with Crippen molar-refractivity contribution in [3.8, 4) is 0 Å². The van der Waals surface area contributed by atoms with Crippen molar-refractivity contribution in [3.05, 3.63) is 48.4 Å². The van der Waals surface area contributed by atoms with Gasteiger partial charge in [-0.15, -0.1) is 6.58 Å². The molecule has 0 radical (unpaired) electrons. The molecule has 0 spiro atoms. The smallest absolute Gasteiger partial charge is 0.324 e. The number of alkyl halides is 3. The second-order valence-corrected chi connectivity index (χ2v) is 4.69. The molecule has 2 heterocycles. The second kappa shape index (κ2) is 5.59. The number of amides is 1. The predicted molar refractivity (Wildman–Crippen MR) is 72.1 cm³/mol. The van der Waals surface area contributed by atoms with E-state index in [4.69, 9.17) is 0 Å². The Kier molecular flexibility index (Phi) is 4.02. The maximum absolute atomic E-state index is 12.5. The number of aryl methyl sites for hydroxylation is 1. The molecular weight excluding hydrogens is 283 g/mol. The molecule has 0 aliphatic rings. The quantitative estimate of drug-likeness (QED) is 0.814. The van der Waals surface area contributed by atoms with E-state index in [0.717, 1.165) is 5.56 Å². The number of carbonyl (C=O) groups is 1. The van der Waals surface area contributed by atoms with Crippen molar-refractivity contribution in [1.82, 2.24) is 14.3 Å². The predicted octanol–water partition coefficient (Wildman–Crippen LogP) is 2.83. The fourth-order valence-corrected chi connectivity index (χ4v) is 1.94. The third-order valence-corrected chi connectivity index (χ3v) is 2.84. The lowest BCUT2D eigenvalue weighted by atomic mass is 10.3. The molecule has 7 heteroatoms. The van der Waals surface area contributed by atoms with Gasteiger partial charge in [-0.05, 0) is 24.6 Å². The Bertz CT molecular complexity index is 676. The van der Waals surface area contributed by atoms with E-state index >= 15 is 0 Å². The van der Waals surface area contributed by atoms with Crippen molar-refractivity contribution in [2.75, 3.05) is 13.1 Å². The van der Waals surface area contributed by atoms with Crippen LogP contribution >= 0.6 is 0 Å². The van der Waals surface area contributed by atoms with E-state index in [-0.39, 0.29) is 12.2 Å². The number of pyridine rings is 1. The summed E-state index contributed by atoms with van der Waals surface area (Å²) in [6, 6.07) is 3.57. The van der Waals surface area contributed by atoms with Crippen molar-refractivity contribution in [2.45, 2.75) is 13.1 Å². The minimum absolute atomic E-state index is 0.0216. The van der Waals surface area contributed by atoms with Crippen LogP contribution in [0.4, 0.5) is 13.2 Å². The van der Waals surface area contributed by atoms with Gasteiger partial charge in [0.25, 0.3) is 5.91 Å². The number of carbonyl (C=O) groups excluding carboxylic acids is 1. The molecule has 0 fully saturated rings. The molecule has 0 saturated carbocycles. The Labute approximate surface area is 119 Å². The highest BCUT2D eigenvalue weighted by molar-refractivity contribution is 5.93. The average molecular weight is 297 g/mol. The molecule has 1 amide bonds. The zero-order valence-electron chi connectivity index (χ0n) is 11.4. The molecule has 0 aliphatic carbocycles. The largest absolute Gasteiger partial charge is 0.406 e. The van der Waals surface area contributed by atoms with Crippen LogP contribution in [0.5, 0.6) is 0 Å². The molecule has 21 heavy (non-hydrogen) atoms. The molecule has 2 aromatic heterocycles. The van der Waals surface area contributed by atoms with Crippen LogP contribution in [0.2, 0.25) is 0 Å². The lowest BCUT2D eigenvalue weighted by Crippen LogP contribution is -2.39. The second-order valence-electron chi connectivity index (χ2n) is 4.69. The van der Waals surface area contributed by atoms with Crippen molar-refractivity contribution >= 4 is 11.6 Å². The van der Waals surface area contributed by atoms with Gasteiger partial charge in [-0.2, -0.15) is 13.2 Å². The van der Waals surface area contributed by atoms with Gasteiger partial charge in [0.15, 0.2) is 0 Å². The third-order valence-electron chi connectivity index (χ3n) is 2.84. The summed E-state index contributed by atoms with van der Waals surface area (Å²) in [6.07, 6.45) is -0.0857. The summed E-state index contributed by atoms with van der Waals surface area (Å²) in [5.41, 5.74) is 1.45. The van der Waals surface area contributed by atoms with E-state index in [0.29, 0.717) is 10.5 Å². The van der Waals surface area contributed by atoms with Gasteiger partial charge in [0.2, 0.25) is 0 Å². The molecule has 2 rings (SSSR count). The molecule has 0 aromatic carbocycles. The SMILES string of the molecule is C=CCN(CC(F)(F)F)C(=O)c1cn2ccc(C)cc2n1. The van der Waals surface area contributed by atoms with Crippen LogP contribution in [0.15, 0.2) is 37.2 Å². The van der Waals surface area contributed by atoms with Crippen LogP contribution in [-0.2, 0) is 0 Å². The van der Waals surface area contributed by atoms with Gasteiger partial charge in [0.05, 0.1) is 0 Å². The summed E-state index contributed by atoms with van der Waals surface area (Å²) in [7, 11) is 0. The Hall–Kier alpha value is -2.31. The number of halogens is 3. The summed E-state index contributed by atoms with van der Waals surface area (Å²) in [5, 5.41) is 0. The average Bonchev–Trinajstić information content (AvgIpc) is 2.78. The standard InChI is InChI=1S/C14H14F3N3O/c1-3-5-20(9-14(15,16)17)13(21)11-8-19-6-4-10(2)7-12(19)18-11/h3-4,6-8H,1,5,9H2,2H3. The molecule has 2 aromatic rings. The molecule has 4 nitrogen and oxygen atoms in total. The lowest BCUT2D eigenvalue weighted by Gasteiger charge is -2.21. The summed E-state index contributed by atoms with van der Waals surface area (Å²) < 4.78 is 39.1. The highest BCUT2D eigenvalue weighted by Gasteiger charge is 2.33. The summed E-state index contributed by atoms with van der Waals surface area (Å²) in [5.74, 6) is -0.770. The van der Waals surface area contributed by atoms with Gasteiger partial charge in [0.1, 0.15) is 17.9 Å². The Morgan fingerprint density at radius 3 is 2.86 bits per heavy atom. The van der Waals surface area contributed by atoms with E-state index in [1.165, 1.54) is 12.3 Å². The van der Waals surface area contributed by atoms with Gasteiger partial charge in [0, 0.05) is 18.9 Å². The van der Waals surface area contributed by atoms with Gasteiger partial charge in [-0.1, -0.05) is 6.08 Å². The summed E-state index contributed by atoms with van der Waals surface area (Å²) >= 11 is 0. The molecule has 0 N–H and O–H groups in total. The summed E-state index contributed by atoms with van der Waals surface area (Å²) in [4.78, 5) is 16.9. The molecule has 0 aliphatic heterocycles. The maximum Gasteiger partial charge on any atom is 0.406 e. The van der Waals surface area contributed by atoms with Gasteiger partial charge in [-0.3, -0.25) is 4.79 Å². The van der Waals surface area contributed by atoms with Crippen LogP contribution in [0.25, 0.3) is 5.65 Å². The highest BCUT2D eigenvalue weighted by atomic mass is 19.4. The summed E-state index contributed by atoms with van der Waals surface area (Å²) in [6.45, 7) is 3.72. The first kappa shape index (κ1) is 15.1. The first-order valence-electron chi connectivity index (χ1n) is 6.22. The minimum atomic E-state index is -4.46. The van der Waals surface area contributed by atoms with E-state index in [1.807, 2.05) is 13.0 Å². The van der Waals surface area contributed by atoms with Crippen molar-refractivity contribution < 1.29 is 18.0 Å². The number of hydrogen-bond acceptors (Lipinski definition) is 2. The number of rotatable bonds is 4. The van der Waals surface area contributed by atoms with Gasteiger partial charge in [-0.25, -0.2) is 4.98 Å². The zero-order valence-corrected chi connectivity index (χ0v) is 11.4. The molecule has 112 valence electrons. The van der Waals surface area contributed by atoms with Crippen molar-refractivity contribution in [3.63, 3.8) is 0 Å². The zero-order chi connectivity index (χ0) is 15.6. The van der Waals surface area contributed by atoms with Crippen LogP contribution < -0.4 is 0 Å².